The fourth-order valence-electron chi connectivity index (χ4n) is 16.5. The van der Waals surface area contributed by atoms with Crippen molar-refractivity contribution in [2.45, 2.75) is 232 Å². The number of benzene rings is 7. The van der Waals surface area contributed by atoms with E-state index >= 15 is 0 Å². The number of nitrogens with one attached hydrogen (secondary N) is 4. The molecule has 20 nitrogen and oxygen atoms in total. The summed E-state index contributed by atoms with van der Waals surface area (Å²) in [4.78, 5) is 67.1. The number of alkyl halides is 9. The van der Waals surface area contributed by atoms with Gasteiger partial charge in [0, 0.05) is 144 Å². The molecule has 684 valence electrons. The summed E-state index contributed by atoms with van der Waals surface area (Å²) in [5.74, 6) is 0.146. The van der Waals surface area contributed by atoms with Gasteiger partial charge in [0.2, 0.25) is 16.8 Å². The lowest BCUT2D eigenvalue weighted by molar-refractivity contribution is -0.140. The van der Waals surface area contributed by atoms with Gasteiger partial charge in [-0.2, -0.15) is 39.5 Å². The summed E-state index contributed by atoms with van der Waals surface area (Å²) in [5.41, 5.74) is 0.892. The summed E-state index contributed by atoms with van der Waals surface area (Å²) in [6, 6.07) is 46.4. The van der Waals surface area contributed by atoms with Gasteiger partial charge in [0.25, 0.3) is 0 Å². The number of urea groups is 4. The lowest BCUT2D eigenvalue weighted by atomic mass is 10.00. The Morgan fingerprint density at radius 2 is 0.792 bits per heavy atom. The first-order valence-corrected chi connectivity index (χ1v) is 45.6. The number of sulfonamides is 1. The van der Waals surface area contributed by atoms with Gasteiger partial charge < -0.3 is 65.0 Å². The minimum absolute atomic E-state index is 0.0455. The molecule has 31 heteroatoms. The highest BCUT2D eigenvalue weighted by Gasteiger charge is 2.39. The molecule has 5 aliphatic rings. The number of hydrogen-bond donors (Lipinski definition) is 4. The maximum absolute atomic E-state index is 13.5. The summed E-state index contributed by atoms with van der Waals surface area (Å²) < 4.78 is 168. The van der Waals surface area contributed by atoms with Gasteiger partial charge in [-0.05, 0) is 187 Å². The van der Waals surface area contributed by atoms with Crippen LogP contribution in [0.25, 0.3) is 0 Å². The Hall–Kier alpha value is -9.69. The third-order valence-corrected chi connectivity index (χ3v) is 25.5. The number of carbonyl (C=O) groups is 4. The average molecular weight is 1770 g/mol. The lowest BCUT2D eigenvalue weighted by Crippen LogP contribution is -2.50. The second-order valence-corrected chi connectivity index (χ2v) is 34.8. The molecule has 5 aliphatic heterocycles. The zero-order valence-corrected chi connectivity index (χ0v) is 73.7. The Labute approximate surface area is 730 Å². The maximum atomic E-state index is 13.5. The highest BCUT2D eigenvalue weighted by molar-refractivity contribution is 7.89. The highest BCUT2D eigenvalue weighted by Crippen LogP contribution is 2.38. The number of likely N-dealkylation sites (tertiary alicyclic amines) is 3. The van der Waals surface area contributed by atoms with Crippen LogP contribution >= 0.6 is 0 Å². The van der Waals surface area contributed by atoms with Gasteiger partial charge in [0.15, 0.2) is 11.5 Å². The van der Waals surface area contributed by atoms with Crippen LogP contribution in [-0.2, 0) is 48.2 Å². The summed E-state index contributed by atoms with van der Waals surface area (Å²) in [7, 11) is -3.33. The van der Waals surface area contributed by atoms with Crippen molar-refractivity contribution in [3.8, 4) is 11.5 Å². The molecule has 4 saturated heterocycles. The van der Waals surface area contributed by atoms with Gasteiger partial charge in [0.1, 0.15) is 5.82 Å². The molecule has 0 aromatic heterocycles. The van der Waals surface area contributed by atoms with Crippen molar-refractivity contribution in [1.82, 2.24) is 38.6 Å². The van der Waals surface area contributed by atoms with E-state index < -0.39 is 63.1 Å². The Morgan fingerprint density at radius 3 is 1.19 bits per heavy atom. The maximum Gasteiger partial charge on any atom is 0.419 e. The van der Waals surface area contributed by atoms with E-state index in [1.54, 1.807) is 14.7 Å². The van der Waals surface area contributed by atoms with Gasteiger partial charge in [-0.15, -0.1) is 0 Å². The molecular formula is C94H124F10N12O8S. The smallest absolute Gasteiger partial charge is 0.419 e. The lowest BCUT2D eigenvalue weighted by Gasteiger charge is -2.40. The van der Waals surface area contributed by atoms with Crippen molar-refractivity contribution in [2.24, 2.45) is 0 Å². The molecule has 4 fully saturated rings. The van der Waals surface area contributed by atoms with Crippen LogP contribution in [0, 0.1) is 5.82 Å². The van der Waals surface area contributed by atoms with E-state index in [-0.39, 0.29) is 72.4 Å². The summed E-state index contributed by atoms with van der Waals surface area (Å²) in [6.07, 6.45) is 1.40. The molecule has 2 unspecified atom stereocenters. The molecule has 0 spiro atoms. The van der Waals surface area contributed by atoms with E-state index in [9.17, 15) is 71.5 Å². The van der Waals surface area contributed by atoms with Crippen LogP contribution in [0.3, 0.4) is 0 Å². The third-order valence-electron chi connectivity index (χ3n) is 23.5. The SMILES string of the molecule is CCCC(C)N1CCC(N(Cc2ccccc2)C(=O)Nc2ccc3c(c2)OCO3)CC1.CCCCN(C(=O)Nc1ccc(F)c(C(F)(F)F)c1)C1CCN(C(C)CCC)CC1.CCCCS(=O)(=O)N1CCC(N(Cc2ccccc2)C(=O)Nc2cccc(C(F)(F)F)c2)CC1.CCCN1CCC(N(Cc2ccccc2)C(=O)Nc2cccc(C(F)(F)F)c2)CC1. The molecule has 7 aromatic carbocycles. The van der Waals surface area contributed by atoms with Crippen LogP contribution < -0.4 is 30.7 Å². The largest absolute Gasteiger partial charge is 0.454 e. The molecule has 5 heterocycles. The number of unbranched alkanes of at least 4 members (excludes halogenated alkanes) is 2. The number of carbonyl (C=O) groups excluding carboxylic acids is 4. The van der Waals surface area contributed by atoms with Crippen molar-refractivity contribution >= 4 is 56.9 Å². The fraction of sp³-hybridized carbons (Fsp3) is 0.511. The quantitative estimate of drug-likeness (QED) is 0.0326. The molecule has 7 aromatic rings. The number of fused-ring (bicyclic) bond motifs is 1. The van der Waals surface area contributed by atoms with Crippen LogP contribution in [0.5, 0.6) is 11.5 Å². The van der Waals surface area contributed by atoms with Crippen molar-refractivity contribution in [3.63, 3.8) is 0 Å². The number of ether oxygens (including phenoxy) is 2. The normalized spacial score (nSPS) is 16.5. The molecule has 0 bridgehead atoms. The first-order chi connectivity index (χ1) is 59.8. The van der Waals surface area contributed by atoms with Crippen molar-refractivity contribution < 1.29 is 81.0 Å². The third kappa shape index (κ3) is 30.8. The molecule has 8 amide bonds. The number of nitrogens with zero attached hydrogens (tertiary/aromatic N) is 8. The van der Waals surface area contributed by atoms with Crippen LogP contribution in [0.2, 0.25) is 0 Å². The zero-order chi connectivity index (χ0) is 90.3. The van der Waals surface area contributed by atoms with Gasteiger partial charge in [-0.1, -0.05) is 163 Å². The predicted molar refractivity (Wildman–Crippen MR) is 471 cm³/mol. The van der Waals surface area contributed by atoms with E-state index in [4.69, 9.17) is 9.47 Å². The summed E-state index contributed by atoms with van der Waals surface area (Å²) >= 11 is 0. The Bertz CT molecular complexity index is 4570. The Morgan fingerprint density at radius 1 is 0.416 bits per heavy atom. The minimum atomic E-state index is -4.81. The van der Waals surface area contributed by atoms with Crippen molar-refractivity contribution in [1.29, 1.82) is 0 Å². The number of halogens is 10. The van der Waals surface area contributed by atoms with Crippen molar-refractivity contribution in [3.05, 3.63) is 215 Å². The van der Waals surface area contributed by atoms with E-state index in [1.807, 2.05) is 116 Å². The molecule has 12 rings (SSSR count). The molecule has 2 atom stereocenters. The second kappa shape index (κ2) is 48.3. The average Bonchev–Trinajstić information content (AvgIpc) is 1.53. The number of anilines is 4. The zero-order valence-electron chi connectivity index (χ0n) is 72.9. The first kappa shape index (κ1) is 99.1. The van der Waals surface area contributed by atoms with E-state index in [1.165, 1.54) is 41.4 Å². The Balaban J connectivity index is 0.000000189. The summed E-state index contributed by atoms with van der Waals surface area (Å²) in [6.45, 7) is 24.5. The predicted octanol–water partition coefficient (Wildman–Crippen LogP) is 22.2. The molecule has 0 aliphatic carbocycles. The Kier molecular flexibility index (Phi) is 38.3. The molecule has 0 radical (unpaired) electrons. The van der Waals surface area contributed by atoms with Gasteiger partial charge in [0.05, 0.1) is 22.4 Å². The van der Waals surface area contributed by atoms with E-state index in [2.05, 4.69) is 82.7 Å². The van der Waals surface area contributed by atoms with Crippen molar-refractivity contribution in [2.75, 3.05) is 99.3 Å². The number of rotatable bonds is 29. The topological polar surface area (TPSA) is 195 Å². The number of amides is 8. The molecule has 0 saturated carbocycles. The molecule has 125 heavy (non-hydrogen) atoms. The van der Waals surface area contributed by atoms with Gasteiger partial charge >= 0.3 is 42.7 Å². The molecular weight excluding hydrogens is 1650 g/mol. The van der Waals surface area contributed by atoms with Crippen LogP contribution in [0.15, 0.2) is 176 Å². The number of hydrogen-bond acceptors (Lipinski definition) is 11. The van der Waals surface area contributed by atoms with Crippen LogP contribution in [-0.4, -0.2) is 185 Å². The molecule has 4 N–H and O–H groups in total. The highest BCUT2D eigenvalue weighted by atomic mass is 32.2. The number of piperidine rings is 4. The minimum Gasteiger partial charge on any atom is -0.454 e. The van der Waals surface area contributed by atoms with E-state index in [0.29, 0.717) is 81.6 Å². The summed E-state index contributed by atoms with van der Waals surface area (Å²) in [5, 5.41) is 10.9. The first-order valence-electron chi connectivity index (χ1n) is 44.0. The van der Waals surface area contributed by atoms with Gasteiger partial charge in [-0.3, -0.25) is 0 Å². The van der Waals surface area contributed by atoms with E-state index in [0.717, 1.165) is 182 Å². The van der Waals surface area contributed by atoms with Crippen LogP contribution in [0.1, 0.15) is 191 Å². The fourth-order valence-corrected chi connectivity index (χ4v) is 18.2. The van der Waals surface area contributed by atoms with Crippen LogP contribution in [0.4, 0.5) is 85.8 Å². The standard InChI is InChI=1S/C25H33N3O3.C24H30F3N3O3S.C23H28F3N3O.C22H33F4N3O/c1-3-7-19(2)27-14-12-22(13-15-27)28(17-20-8-5-4-6-9-20)25(29)26-21-10-11-23-24(16-21)31-18-30-23;1-2-3-16-34(32,33)29-14-12-22(13-15-29)30(18-19-8-5-4-6-9-19)23(31)28-21-11-7-10-20(17-21)24(25,26)27;1-2-13-28-14-11-21(12-15-28)29(17-18-7-4-3-5-8-18)22(30)27-20-10-6-9-19(16-20)23(24,25)26;1-4-6-12-29(18-10-13-28(14-11-18)16(3)7-5-2)21(30)27-17-8-9-20(23)19(15-17)22(24,25)26/h4-6,8-11,16,19,22H,3,7,12-15,17-18H2,1-2H3,(H,26,29);4-11,17,22H,2-3,12-16,18H2,1H3,(H,28,31);3-10,16,21H,2,11-15,17H2,1H3,(H,27,30);8-9,15-16,18H,4-7,10-14H2,1-3H3,(H,27,30). The second-order valence-electron chi connectivity index (χ2n) is 32.7. The van der Waals surface area contributed by atoms with Gasteiger partial charge in [-0.25, -0.2) is 36.3 Å². The monoisotopic (exact) mass is 1770 g/mol.